The Bertz CT molecular complexity index is 157. The van der Waals surface area contributed by atoms with Gasteiger partial charge in [-0.05, 0) is 6.42 Å². The molecule has 1 rings (SSSR count). The van der Waals surface area contributed by atoms with Crippen LogP contribution in [0.1, 0.15) is 6.42 Å². The standard InChI is InChI=1S/C6H11O2.C2H3Cl3Si/c1-2-3-7-4-6-5-8-6;1-2-6(3,4)5/h6H,1-5H2;2H,1H2. The molecule has 1 radical (unpaired) electrons. The van der Waals surface area contributed by atoms with E-state index in [1.807, 2.05) is 0 Å². The minimum atomic E-state index is -2.45. The summed E-state index contributed by atoms with van der Waals surface area (Å²) >= 11 is 15.8. The average molecular weight is 277 g/mol. The highest BCUT2D eigenvalue weighted by Crippen LogP contribution is 2.19. The van der Waals surface area contributed by atoms with E-state index in [9.17, 15) is 0 Å². The second kappa shape index (κ2) is 7.96. The largest absolute Gasteiger partial charge is 0.379 e. The Kier molecular flexibility index (Phi) is 8.39. The molecule has 6 heteroatoms. The molecule has 0 aliphatic carbocycles. The van der Waals surface area contributed by atoms with Crippen LogP contribution in [0, 0.1) is 6.92 Å². The van der Waals surface area contributed by atoms with Crippen molar-refractivity contribution in [3.8, 4) is 0 Å². The maximum absolute atomic E-state index is 5.27. The number of hydrogen-bond donors (Lipinski definition) is 0. The molecule has 1 saturated heterocycles. The third kappa shape index (κ3) is 12.7. The molecule has 0 aromatic carbocycles. The molecular weight excluding hydrogens is 263 g/mol. The van der Waals surface area contributed by atoms with Crippen molar-refractivity contribution in [3.05, 3.63) is 19.2 Å². The van der Waals surface area contributed by atoms with E-state index in [4.69, 9.17) is 42.7 Å². The summed E-state index contributed by atoms with van der Waals surface area (Å²) in [7, 11) is 0. The quantitative estimate of drug-likeness (QED) is 0.333. The molecule has 1 aliphatic heterocycles. The normalized spacial score (nSPS) is 19.6. The zero-order valence-electron chi connectivity index (χ0n) is 7.85. The van der Waals surface area contributed by atoms with Gasteiger partial charge in [-0.15, -0.1) is 39.8 Å². The van der Waals surface area contributed by atoms with Crippen molar-refractivity contribution in [3.63, 3.8) is 0 Å². The van der Waals surface area contributed by atoms with Gasteiger partial charge in [0.1, 0.15) is 6.10 Å². The molecule has 0 aromatic heterocycles. The molecule has 2 nitrogen and oxygen atoms in total. The molecule has 0 aromatic rings. The summed E-state index contributed by atoms with van der Waals surface area (Å²) < 4.78 is 10.0. The molecule has 1 atom stereocenters. The fourth-order valence-electron chi connectivity index (χ4n) is 0.481. The minimum absolute atomic E-state index is 0.404. The SMILES string of the molecule is C=C[Si](Cl)(Cl)Cl.[CH2]CCOCC1CO1. The summed E-state index contributed by atoms with van der Waals surface area (Å²) in [5.41, 5.74) is 1.37. The Morgan fingerprint density at radius 1 is 1.50 bits per heavy atom. The smallest absolute Gasteiger partial charge is 0.365 e. The molecule has 0 saturated carbocycles. The Hall–Kier alpha value is 0.747. The first-order valence-electron chi connectivity index (χ1n) is 4.18. The van der Waals surface area contributed by atoms with Crippen LogP contribution in [0.15, 0.2) is 12.3 Å². The van der Waals surface area contributed by atoms with Gasteiger partial charge in [0.2, 0.25) is 0 Å². The van der Waals surface area contributed by atoms with E-state index in [0.717, 1.165) is 26.2 Å². The molecule has 1 unspecified atom stereocenters. The molecular formula is C8H14Cl3O2Si. The second-order valence-electron chi connectivity index (χ2n) is 2.63. The highest BCUT2D eigenvalue weighted by molar-refractivity contribution is 7.66. The van der Waals surface area contributed by atoms with Gasteiger partial charge in [-0.3, -0.25) is 0 Å². The Morgan fingerprint density at radius 2 is 2.00 bits per heavy atom. The van der Waals surface area contributed by atoms with Crippen LogP contribution in [0.2, 0.25) is 0 Å². The van der Waals surface area contributed by atoms with Crippen LogP contribution < -0.4 is 0 Å². The van der Waals surface area contributed by atoms with E-state index < -0.39 is 6.00 Å². The van der Waals surface area contributed by atoms with Crippen LogP contribution in [0.4, 0.5) is 0 Å². The lowest BCUT2D eigenvalue weighted by Gasteiger charge is -1.95. The first kappa shape index (κ1) is 14.7. The summed E-state index contributed by atoms with van der Waals surface area (Å²) in [6, 6.07) is -2.45. The lowest BCUT2D eigenvalue weighted by Crippen LogP contribution is -2.01. The maximum Gasteiger partial charge on any atom is 0.365 e. The topological polar surface area (TPSA) is 21.8 Å². The molecule has 0 spiro atoms. The van der Waals surface area contributed by atoms with Crippen molar-refractivity contribution in [2.75, 3.05) is 19.8 Å². The number of halogens is 3. The lowest BCUT2D eigenvalue weighted by molar-refractivity contribution is 0.120. The minimum Gasteiger partial charge on any atom is -0.379 e. The summed E-state index contributed by atoms with van der Waals surface area (Å²) in [6.45, 7) is 9.34. The van der Waals surface area contributed by atoms with Gasteiger partial charge >= 0.3 is 6.00 Å². The van der Waals surface area contributed by atoms with E-state index in [2.05, 4.69) is 13.5 Å². The predicted molar refractivity (Wildman–Crippen MR) is 64.0 cm³/mol. The van der Waals surface area contributed by atoms with Crippen LogP contribution >= 0.6 is 33.2 Å². The maximum atomic E-state index is 5.27. The van der Waals surface area contributed by atoms with Gasteiger partial charge in [-0.25, -0.2) is 0 Å². The number of hydrogen-bond acceptors (Lipinski definition) is 2. The van der Waals surface area contributed by atoms with Gasteiger partial charge in [0.25, 0.3) is 0 Å². The molecule has 83 valence electrons. The third-order valence-corrected chi connectivity index (χ3v) is 3.08. The number of rotatable bonds is 5. The molecule has 0 N–H and O–H groups in total. The second-order valence-corrected chi connectivity index (χ2v) is 11.2. The fourth-order valence-corrected chi connectivity index (χ4v) is 0.481. The van der Waals surface area contributed by atoms with E-state index in [1.165, 1.54) is 5.70 Å². The monoisotopic (exact) mass is 275 g/mol. The van der Waals surface area contributed by atoms with Crippen LogP contribution in [0.5, 0.6) is 0 Å². The molecule has 1 heterocycles. The molecule has 14 heavy (non-hydrogen) atoms. The summed E-state index contributed by atoms with van der Waals surface area (Å²) in [5, 5.41) is 0. The van der Waals surface area contributed by atoms with E-state index in [0.29, 0.717) is 6.10 Å². The van der Waals surface area contributed by atoms with E-state index in [-0.39, 0.29) is 0 Å². The Labute approximate surface area is 100 Å². The highest BCUT2D eigenvalue weighted by atomic mass is 35.8. The van der Waals surface area contributed by atoms with Gasteiger partial charge in [0.15, 0.2) is 0 Å². The molecule has 0 bridgehead atoms. The van der Waals surface area contributed by atoms with Crippen molar-refractivity contribution < 1.29 is 9.47 Å². The zero-order valence-corrected chi connectivity index (χ0v) is 11.1. The summed E-state index contributed by atoms with van der Waals surface area (Å²) in [4.78, 5) is 0. The Morgan fingerprint density at radius 3 is 2.29 bits per heavy atom. The Balaban J connectivity index is 0.000000255. The number of ether oxygens (including phenoxy) is 2. The van der Waals surface area contributed by atoms with Crippen molar-refractivity contribution >= 4 is 39.2 Å². The van der Waals surface area contributed by atoms with Crippen LogP contribution in [0.3, 0.4) is 0 Å². The van der Waals surface area contributed by atoms with Gasteiger partial charge in [-0.2, -0.15) is 0 Å². The highest BCUT2D eigenvalue weighted by Gasteiger charge is 2.21. The zero-order chi connectivity index (χ0) is 11.0. The predicted octanol–water partition coefficient (Wildman–Crippen LogP) is 2.99. The molecule has 1 aliphatic rings. The summed E-state index contributed by atoms with van der Waals surface area (Å²) in [5.74, 6) is 0. The van der Waals surface area contributed by atoms with Gasteiger partial charge in [-0.1, -0.05) is 12.6 Å². The van der Waals surface area contributed by atoms with E-state index >= 15 is 0 Å². The van der Waals surface area contributed by atoms with Crippen LogP contribution in [-0.2, 0) is 9.47 Å². The number of epoxide rings is 1. The van der Waals surface area contributed by atoms with Crippen molar-refractivity contribution in [2.45, 2.75) is 12.5 Å². The van der Waals surface area contributed by atoms with E-state index in [1.54, 1.807) is 0 Å². The van der Waals surface area contributed by atoms with Gasteiger partial charge < -0.3 is 9.47 Å². The lowest BCUT2D eigenvalue weighted by atomic mass is 10.5. The van der Waals surface area contributed by atoms with Crippen LogP contribution in [0.25, 0.3) is 0 Å². The van der Waals surface area contributed by atoms with Gasteiger partial charge in [0.05, 0.1) is 13.2 Å². The van der Waals surface area contributed by atoms with Gasteiger partial charge in [0, 0.05) is 6.61 Å². The first-order chi connectivity index (χ1) is 6.49. The van der Waals surface area contributed by atoms with Crippen molar-refractivity contribution in [1.82, 2.24) is 0 Å². The van der Waals surface area contributed by atoms with Crippen molar-refractivity contribution in [2.24, 2.45) is 0 Å². The average Bonchev–Trinajstić information content (AvgIpc) is 2.89. The van der Waals surface area contributed by atoms with Crippen LogP contribution in [-0.4, -0.2) is 31.9 Å². The first-order valence-corrected chi connectivity index (χ1v) is 9.30. The molecule has 1 fully saturated rings. The van der Waals surface area contributed by atoms with Crippen molar-refractivity contribution in [1.29, 1.82) is 0 Å². The fraction of sp³-hybridized carbons (Fsp3) is 0.625. The summed E-state index contributed by atoms with van der Waals surface area (Å²) in [6.07, 6.45) is 1.26. The molecule has 0 amide bonds. The third-order valence-electron chi connectivity index (χ3n) is 1.23.